The average molecular weight is 458 g/mol. The molecule has 1 heterocycles. The molecule has 1 amide bonds. The Hall–Kier alpha value is -4.01. The summed E-state index contributed by atoms with van der Waals surface area (Å²) < 4.78 is 32.8. The number of ketones is 1. The topological polar surface area (TPSA) is 105 Å². The molecular weight excluding hydrogens is 440 g/mol. The third kappa shape index (κ3) is 3.97. The third-order valence-corrected chi connectivity index (χ3v) is 6.81. The van der Waals surface area contributed by atoms with Gasteiger partial charge in [0.25, 0.3) is 5.91 Å². The molecule has 5 rings (SSSR count). The number of carbonyl (C=O) groups is 2. The van der Waals surface area contributed by atoms with Crippen LogP contribution in [0.1, 0.15) is 32.0 Å². The number of benzene rings is 3. The molecule has 1 aliphatic carbocycles. The summed E-state index contributed by atoms with van der Waals surface area (Å²) in [5, 5.41) is 2.71. The number of furan rings is 1. The number of rotatable bonds is 6. The number of sulfonamides is 1. The van der Waals surface area contributed by atoms with Crippen molar-refractivity contribution in [1.82, 2.24) is 4.72 Å². The fourth-order valence-electron chi connectivity index (χ4n) is 3.78. The van der Waals surface area contributed by atoms with Crippen molar-refractivity contribution >= 4 is 27.4 Å². The van der Waals surface area contributed by atoms with E-state index in [0.29, 0.717) is 28.1 Å². The van der Waals surface area contributed by atoms with Crippen molar-refractivity contribution in [2.24, 2.45) is 0 Å². The molecule has 8 heteroatoms. The molecule has 0 saturated carbocycles. The Morgan fingerprint density at radius 2 is 1.61 bits per heavy atom. The largest absolute Gasteiger partial charge is 0.468 e. The molecular formula is C25H18N2O5S. The Morgan fingerprint density at radius 1 is 0.818 bits per heavy atom. The van der Waals surface area contributed by atoms with E-state index < -0.39 is 15.9 Å². The van der Waals surface area contributed by atoms with Gasteiger partial charge in [-0.25, -0.2) is 13.1 Å². The number of anilines is 1. The molecule has 2 N–H and O–H groups in total. The van der Waals surface area contributed by atoms with E-state index in [4.69, 9.17) is 4.42 Å². The van der Waals surface area contributed by atoms with E-state index in [1.165, 1.54) is 18.4 Å². The van der Waals surface area contributed by atoms with E-state index in [0.717, 1.165) is 11.1 Å². The summed E-state index contributed by atoms with van der Waals surface area (Å²) in [4.78, 5) is 25.6. The second-order valence-electron chi connectivity index (χ2n) is 7.52. The van der Waals surface area contributed by atoms with E-state index >= 15 is 0 Å². The van der Waals surface area contributed by atoms with Gasteiger partial charge in [0, 0.05) is 22.4 Å². The highest BCUT2D eigenvalue weighted by Gasteiger charge is 2.27. The molecule has 164 valence electrons. The molecule has 0 unspecified atom stereocenters. The van der Waals surface area contributed by atoms with Crippen LogP contribution >= 0.6 is 0 Å². The summed E-state index contributed by atoms with van der Waals surface area (Å²) in [5.74, 6) is -0.0815. The lowest BCUT2D eigenvalue weighted by Gasteiger charge is -2.10. The van der Waals surface area contributed by atoms with Gasteiger partial charge in [-0.05, 0) is 53.6 Å². The van der Waals surface area contributed by atoms with Gasteiger partial charge in [0.05, 0.1) is 17.7 Å². The van der Waals surface area contributed by atoms with Crippen LogP contribution in [0.15, 0.2) is 94.4 Å². The van der Waals surface area contributed by atoms with Gasteiger partial charge >= 0.3 is 0 Å². The molecule has 0 spiro atoms. The monoisotopic (exact) mass is 458 g/mol. The summed E-state index contributed by atoms with van der Waals surface area (Å²) >= 11 is 0. The fraction of sp³-hybridized carbons (Fsp3) is 0.0400. The summed E-state index contributed by atoms with van der Waals surface area (Å²) in [6.07, 6.45) is 1.46. The Bertz CT molecular complexity index is 1490. The van der Waals surface area contributed by atoms with Gasteiger partial charge in [-0.3, -0.25) is 9.59 Å². The van der Waals surface area contributed by atoms with Crippen LogP contribution in [0.4, 0.5) is 5.69 Å². The van der Waals surface area contributed by atoms with Crippen molar-refractivity contribution in [3.05, 3.63) is 108 Å². The Morgan fingerprint density at radius 3 is 2.39 bits per heavy atom. The summed E-state index contributed by atoms with van der Waals surface area (Å²) in [6.45, 7) is 0.0114. The minimum atomic E-state index is -3.81. The highest BCUT2D eigenvalue weighted by Crippen LogP contribution is 2.36. The molecule has 1 aromatic heterocycles. The predicted octanol–water partition coefficient (Wildman–Crippen LogP) is 4.22. The quantitative estimate of drug-likeness (QED) is 0.396. The molecule has 4 aromatic rings. The second kappa shape index (κ2) is 8.16. The maximum absolute atomic E-state index is 12.8. The lowest BCUT2D eigenvalue weighted by atomic mass is 10.0. The van der Waals surface area contributed by atoms with Gasteiger partial charge in [-0.15, -0.1) is 0 Å². The predicted molar refractivity (Wildman–Crippen MR) is 122 cm³/mol. The molecule has 0 fully saturated rings. The van der Waals surface area contributed by atoms with Crippen molar-refractivity contribution in [2.75, 3.05) is 5.32 Å². The summed E-state index contributed by atoms with van der Waals surface area (Å²) in [5.41, 5.74) is 3.36. The van der Waals surface area contributed by atoms with Crippen LogP contribution in [0.3, 0.4) is 0 Å². The number of hydrogen-bond donors (Lipinski definition) is 2. The third-order valence-electron chi connectivity index (χ3n) is 5.41. The van der Waals surface area contributed by atoms with E-state index in [2.05, 4.69) is 10.0 Å². The highest BCUT2D eigenvalue weighted by atomic mass is 32.2. The van der Waals surface area contributed by atoms with Crippen molar-refractivity contribution in [3.8, 4) is 11.1 Å². The smallest absolute Gasteiger partial charge is 0.255 e. The maximum Gasteiger partial charge on any atom is 0.255 e. The molecule has 0 radical (unpaired) electrons. The van der Waals surface area contributed by atoms with Crippen molar-refractivity contribution < 1.29 is 22.4 Å². The average Bonchev–Trinajstić information content (AvgIpc) is 3.45. The van der Waals surface area contributed by atoms with Crippen LogP contribution in [0, 0.1) is 0 Å². The summed E-state index contributed by atoms with van der Waals surface area (Å²) in [6, 6.07) is 21.6. The van der Waals surface area contributed by atoms with Crippen LogP contribution < -0.4 is 10.0 Å². The molecule has 0 aliphatic heterocycles. The van der Waals surface area contributed by atoms with Gasteiger partial charge < -0.3 is 9.73 Å². The van der Waals surface area contributed by atoms with Crippen molar-refractivity contribution in [3.63, 3.8) is 0 Å². The van der Waals surface area contributed by atoms with E-state index in [9.17, 15) is 18.0 Å². The summed E-state index contributed by atoms with van der Waals surface area (Å²) in [7, 11) is -3.81. The lowest BCUT2D eigenvalue weighted by molar-refractivity contribution is 0.102. The highest BCUT2D eigenvalue weighted by molar-refractivity contribution is 7.89. The first-order chi connectivity index (χ1) is 15.9. The standard InChI is InChI=1S/C25H18N2O5S/c28-24-22-9-2-1-8-20(22)21-11-10-16(13-23(21)24)25(29)27-17-5-3-7-19(14-17)33(30,31)26-15-18-6-4-12-32-18/h1-14,26H,15H2,(H,27,29). The van der Waals surface area contributed by atoms with E-state index in [1.54, 1.807) is 54.6 Å². The molecule has 0 saturated heterocycles. The van der Waals surface area contributed by atoms with Gasteiger partial charge in [0.15, 0.2) is 5.78 Å². The zero-order chi connectivity index (χ0) is 23.0. The maximum atomic E-state index is 12.8. The van der Waals surface area contributed by atoms with Crippen molar-refractivity contribution in [2.45, 2.75) is 11.4 Å². The molecule has 1 aliphatic rings. The van der Waals surface area contributed by atoms with Gasteiger partial charge in [-0.2, -0.15) is 0 Å². The second-order valence-corrected chi connectivity index (χ2v) is 9.29. The van der Waals surface area contributed by atoms with Crippen LogP contribution in [-0.2, 0) is 16.6 Å². The lowest BCUT2D eigenvalue weighted by Crippen LogP contribution is -2.23. The zero-order valence-electron chi connectivity index (χ0n) is 17.2. The number of carbonyl (C=O) groups excluding carboxylic acids is 2. The number of nitrogens with one attached hydrogen (secondary N) is 2. The van der Waals surface area contributed by atoms with E-state index in [-0.39, 0.29) is 17.2 Å². The fourth-order valence-corrected chi connectivity index (χ4v) is 4.81. The number of hydrogen-bond acceptors (Lipinski definition) is 5. The molecule has 0 bridgehead atoms. The molecule has 7 nitrogen and oxygen atoms in total. The number of amides is 1. The Balaban J connectivity index is 1.34. The zero-order valence-corrected chi connectivity index (χ0v) is 18.1. The first-order valence-corrected chi connectivity index (χ1v) is 11.6. The van der Waals surface area contributed by atoms with Crippen LogP contribution in [0.25, 0.3) is 11.1 Å². The number of fused-ring (bicyclic) bond motifs is 3. The normalized spacial score (nSPS) is 12.3. The first-order valence-electron chi connectivity index (χ1n) is 10.1. The van der Waals surface area contributed by atoms with Gasteiger partial charge in [-0.1, -0.05) is 36.4 Å². The Labute approximate surface area is 190 Å². The Kier molecular flexibility index (Phi) is 5.16. The van der Waals surface area contributed by atoms with Crippen LogP contribution in [0.5, 0.6) is 0 Å². The SMILES string of the molecule is O=C(Nc1cccc(S(=O)(=O)NCc2ccco2)c1)c1ccc2c(c1)C(=O)c1ccccc1-2. The molecule has 3 aromatic carbocycles. The van der Waals surface area contributed by atoms with Gasteiger partial charge in [0.1, 0.15) is 5.76 Å². The minimum absolute atomic E-state index is 0.00596. The minimum Gasteiger partial charge on any atom is -0.468 e. The van der Waals surface area contributed by atoms with Gasteiger partial charge in [0.2, 0.25) is 10.0 Å². The van der Waals surface area contributed by atoms with E-state index in [1.807, 2.05) is 12.1 Å². The first kappa shape index (κ1) is 20.9. The molecule has 0 atom stereocenters. The van der Waals surface area contributed by atoms with Crippen LogP contribution in [-0.4, -0.2) is 20.1 Å². The van der Waals surface area contributed by atoms with Crippen LogP contribution in [0.2, 0.25) is 0 Å². The molecule has 33 heavy (non-hydrogen) atoms. The van der Waals surface area contributed by atoms with Crippen molar-refractivity contribution in [1.29, 1.82) is 0 Å².